The Morgan fingerprint density at radius 2 is 2.71 bits per heavy atom. The molecule has 0 radical (unpaired) electrons. The fourth-order valence-corrected chi connectivity index (χ4v) is 1.48. The fraction of sp³-hybridized carbons (Fsp3) is 0.600. The first kappa shape index (κ1) is 5.04. The first-order valence-electron chi connectivity index (χ1n) is 2.39. The zero-order valence-corrected chi connectivity index (χ0v) is 5.16. The monoisotopic (exact) mass is 115 g/mol. The number of rotatable bonds is 0. The van der Waals surface area contributed by atoms with Crippen LogP contribution in [0.4, 0.5) is 0 Å². The number of hydrogen-bond donors (Lipinski definition) is 1. The van der Waals surface area contributed by atoms with Crippen LogP contribution in [-0.2, 0) is 0 Å². The van der Waals surface area contributed by atoms with Crippen LogP contribution in [0.5, 0.6) is 0 Å². The van der Waals surface area contributed by atoms with E-state index in [9.17, 15) is 0 Å². The van der Waals surface area contributed by atoms with Crippen molar-refractivity contribution >= 4 is 11.8 Å². The van der Waals surface area contributed by atoms with E-state index in [2.05, 4.69) is 13.0 Å². The van der Waals surface area contributed by atoms with Crippen molar-refractivity contribution in [2.45, 2.75) is 6.92 Å². The lowest BCUT2D eigenvalue weighted by Gasteiger charge is -1.88. The third-order valence-electron chi connectivity index (χ3n) is 0.962. The highest BCUT2D eigenvalue weighted by atomic mass is 32.2. The van der Waals surface area contributed by atoms with Crippen LogP contribution in [-0.4, -0.2) is 5.75 Å². The van der Waals surface area contributed by atoms with E-state index >= 15 is 0 Å². The standard InChI is InChI=1S/C5H9NS/c1-4-2-5(6)7-3-4/h2,4H,3,6H2,1H3. The molecular weight excluding hydrogens is 106 g/mol. The molecule has 0 aromatic heterocycles. The Balaban J connectivity index is 2.50. The number of nitrogens with two attached hydrogens (primary N) is 1. The minimum Gasteiger partial charge on any atom is -0.394 e. The third-order valence-corrected chi connectivity index (χ3v) is 2.12. The summed E-state index contributed by atoms with van der Waals surface area (Å²) in [5.41, 5.74) is 5.45. The van der Waals surface area contributed by atoms with E-state index in [1.807, 2.05) is 0 Å². The molecule has 0 spiro atoms. The summed E-state index contributed by atoms with van der Waals surface area (Å²) >= 11 is 1.74. The number of hydrogen-bond acceptors (Lipinski definition) is 2. The average Bonchev–Trinajstić information content (AvgIpc) is 1.87. The molecule has 1 heterocycles. The second kappa shape index (κ2) is 1.78. The van der Waals surface area contributed by atoms with Gasteiger partial charge in [-0.2, -0.15) is 0 Å². The molecule has 40 valence electrons. The summed E-state index contributed by atoms with van der Waals surface area (Å²) in [6.45, 7) is 2.17. The minimum atomic E-state index is 0.699. The third kappa shape index (κ3) is 1.13. The lowest BCUT2D eigenvalue weighted by molar-refractivity contribution is 0.857. The molecule has 2 heteroatoms. The Hall–Kier alpha value is -0.110. The predicted molar refractivity (Wildman–Crippen MR) is 33.9 cm³/mol. The van der Waals surface area contributed by atoms with E-state index in [0.717, 1.165) is 5.03 Å². The molecule has 0 aliphatic carbocycles. The highest BCUT2D eigenvalue weighted by molar-refractivity contribution is 8.03. The Kier molecular flexibility index (Phi) is 1.28. The zero-order chi connectivity index (χ0) is 5.28. The van der Waals surface area contributed by atoms with E-state index in [4.69, 9.17) is 5.73 Å². The highest BCUT2D eigenvalue weighted by Crippen LogP contribution is 2.23. The molecule has 1 aliphatic heterocycles. The quantitative estimate of drug-likeness (QED) is 0.513. The van der Waals surface area contributed by atoms with Gasteiger partial charge in [-0.1, -0.05) is 13.0 Å². The molecule has 1 aliphatic rings. The molecule has 0 amide bonds. The predicted octanol–water partition coefficient (Wildman–Crippen LogP) is 1.17. The molecule has 1 atom stereocenters. The van der Waals surface area contributed by atoms with Gasteiger partial charge < -0.3 is 5.73 Å². The van der Waals surface area contributed by atoms with E-state index < -0.39 is 0 Å². The van der Waals surface area contributed by atoms with Crippen molar-refractivity contribution in [1.82, 2.24) is 0 Å². The Bertz CT molecular complexity index is 98.3. The summed E-state index contributed by atoms with van der Waals surface area (Å²) in [5, 5.41) is 0.993. The Morgan fingerprint density at radius 1 is 2.00 bits per heavy atom. The van der Waals surface area contributed by atoms with Crippen molar-refractivity contribution in [3.05, 3.63) is 11.1 Å². The van der Waals surface area contributed by atoms with Crippen LogP contribution >= 0.6 is 11.8 Å². The van der Waals surface area contributed by atoms with Gasteiger partial charge in [-0.15, -0.1) is 11.8 Å². The Morgan fingerprint density at radius 3 is 2.86 bits per heavy atom. The molecule has 0 aromatic carbocycles. The lowest BCUT2D eigenvalue weighted by atomic mass is 10.2. The van der Waals surface area contributed by atoms with Crippen LogP contribution in [0.1, 0.15) is 6.92 Å². The van der Waals surface area contributed by atoms with Gasteiger partial charge in [0.2, 0.25) is 0 Å². The normalized spacial score (nSPS) is 30.4. The second-order valence-electron chi connectivity index (χ2n) is 1.86. The van der Waals surface area contributed by atoms with Crippen LogP contribution in [0, 0.1) is 5.92 Å². The molecule has 7 heavy (non-hydrogen) atoms. The van der Waals surface area contributed by atoms with E-state index in [-0.39, 0.29) is 0 Å². The molecule has 0 saturated heterocycles. The zero-order valence-electron chi connectivity index (χ0n) is 4.35. The summed E-state index contributed by atoms with van der Waals surface area (Å²) in [6.07, 6.45) is 2.10. The van der Waals surface area contributed by atoms with Crippen LogP contribution in [0.15, 0.2) is 11.1 Å². The Labute approximate surface area is 48.0 Å². The van der Waals surface area contributed by atoms with Gasteiger partial charge >= 0.3 is 0 Å². The molecular formula is C5H9NS. The van der Waals surface area contributed by atoms with E-state index in [1.54, 1.807) is 11.8 Å². The molecule has 2 N–H and O–H groups in total. The van der Waals surface area contributed by atoms with E-state index in [0.29, 0.717) is 5.92 Å². The smallest absolute Gasteiger partial charge is 0.0617 e. The second-order valence-corrected chi connectivity index (χ2v) is 2.95. The molecule has 1 unspecified atom stereocenters. The summed E-state index contributed by atoms with van der Waals surface area (Å²) in [7, 11) is 0. The topological polar surface area (TPSA) is 26.0 Å². The molecule has 1 rings (SSSR count). The fourth-order valence-electron chi connectivity index (χ4n) is 0.604. The van der Waals surface area contributed by atoms with Gasteiger partial charge in [0.25, 0.3) is 0 Å². The van der Waals surface area contributed by atoms with Crippen molar-refractivity contribution in [2.24, 2.45) is 11.7 Å². The summed E-state index contributed by atoms with van der Waals surface area (Å²) < 4.78 is 0. The van der Waals surface area contributed by atoms with Gasteiger partial charge in [-0.05, 0) is 5.92 Å². The van der Waals surface area contributed by atoms with Gasteiger partial charge in [0.05, 0.1) is 5.03 Å². The van der Waals surface area contributed by atoms with Gasteiger partial charge in [-0.3, -0.25) is 0 Å². The highest BCUT2D eigenvalue weighted by Gasteiger charge is 2.07. The molecule has 0 bridgehead atoms. The van der Waals surface area contributed by atoms with Crippen LogP contribution < -0.4 is 5.73 Å². The van der Waals surface area contributed by atoms with Crippen molar-refractivity contribution in [2.75, 3.05) is 5.75 Å². The number of allylic oxidation sites excluding steroid dienone is 1. The largest absolute Gasteiger partial charge is 0.394 e. The van der Waals surface area contributed by atoms with Crippen molar-refractivity contribution in [3.63, 3.8) is 0 Å². The van der Waals surface area contributed by atoms with Gasteiger partial charge in [-0.25, -0.2) is 0 Å². The van der Waals surface area contributed by atoms with Gasteiger partial charge in [0.1, 0.15) is 0 Å². The summed E-state index contributed by atoms with van der Waals surface area (Å²) in [6, 6.07) is 0. The van der Waals surface area contributed by atoms with Crippen molar-refractivity contribution in [3.8, 4) is 0 Å². The summed E-state index contributed by atoms with van der Waals surface area (Å²) in [5.74, 6) is 1.87. The lowest BCUT2D eigenvalue weighted by Crippen LogP contribution is -1.85. The van der Waals surface area contributed by atoms with Crippen molar-refractivity contribution < 1.29 is 0 Å². The maximum Gasteiger partial charge on any atom is 0.0617 e. The van der Waals surface area contributed by atoms with Crippen molar-refractivity contribution in [1.29, 1.82) is 0 Å². The minimum absolute atomic E-state index is 0.699. The number of thioether (sulfide) groups is 1. The maximum absolute atomic E-state index is 5.45. The molecule has 0 aromatic rings. The first-order valence-corrected chi connectivity index (χ1v) is 3.37. The van der Waals surface area contributed by atoms with Crippen LogP contribution in [0.3, 0.4) is 0 Å². The van der Waals surface area contributed by atoms with Crippen LogP contribution in [0.25, 0.3) is 0 Å². The van der Waals surface area contributed by atoms with Gasteiger partial charge in [0, 0.05) is 5.75 Å². The van der Waals surface area contributed by atoms with Gasteiger partial charge in [0.15, 0.2) is 0 Å². The maximum atomic E-state index is 5.45. The molecule has 0 saturated carbocycles. The average molecular weight is 115 g/mol. The molecule has 1 nitrogen and oxygen atoms in total. The summed E-state index contributed by atoms with van der Waals surface area (Å²) in [4.78, 5) is 0. The SMILES string of the molecule is CC1C=C(N)SC1. The molecule has 0 fully saturated rings. The first-order chi connectivity index (χ1) is 3.29. The van der Waals surface area contributed by atoms with E-state index in [1.165, 1.54) is 5.75 Å². The van der Waals surface area contributed by atoms with Crippen LogP contribution in [0.2, 0.25) is 0 Å².